The molecule has 22 heavy (non-hydrogen) atoms. The number of carbonyl (C=O) groups is 1. The third kappa shape index (κ3) is 4.87. The van der Waals surface area contributed by atoms with Gasteiger partial charge in [-0.25, -0.2) is 9.78 Å². The monoisotopic (exact) mass is 307 g/mol. The second-order valence-electron chi connectivity index (χ2n) is 5.80. The molecule has 0 bridgehead atoms. The molecule has 0 spiro atoms. The van der Waals surface area contributed by atoms with E-state index in [2.05, 4.69) is 15.6 Å². The van der Waals surface area contributed by atoms with Gasteiger partial charge in [0, 0.05) is 24.9 Å². The molecule has 2 rings (SSSR count). The van der Waals surface area contributed by atoms with Crippen LogP contribution in [0.15, 0.2) is 18.3 Å². The second-order valence-corrected chi connectivity index (χ2v) is 5.80. The largest absolute Gasteiger partial charge is 0.475 e. The third-order valence-corrected chi connectivity index (χ3v) is 3.52. The Balaban J connectivity index is 1.83. The summed E-state index contributed by atoms with van der Waals surface area (Å²) in [4.78, 5) is 16.2. The number of rotatable bonds is 6. The number of amides is 2. The fourth-order valence-electron chi connectivity index (χ4n) is 2.41. The average molecular weight is 307 g/mol. The molecule has 2 heterocycles. The number of ether oxygens (including phenoxy) is 2. The van der Waals surface area contributed by atoms with Gasteiger partial charge in [0.1, 0.15) is 0 Å². The maximum absolute atomic E-state index is 12.0. The van der Waals surface area contributed by atoms with Crippen molar-refractivity contribution in [2.24, 2.45) is 0 Å². The van der Waals surface area contributed by atoms with E-state index in [0.717, 1.165) is 25.0 Å². The highest BCUT2D eigenvalue weighted by Gasteiger charge is 2.23. The molecule has 122 valence electrons. The zero-order chi connectivity index (χ0) is 15.9. The SMILES string of the molecule is CC(C)Oc1ncccc1CNC(=O)N[C@@H](C)[C@H]1CCCO1. The van der Waals surface area contributed by atoms with Gasteiger partial charge in [0.25, 0.3) is 0 Å². The van der Waals surface area contributed by atoms with Gasteiger partial charge in [0.15, 0.2) is 0 Å². The summed E-state index contributed by atoms with van der Waals surface area (Å²) in [5, 5.41) is 5.76. The zero-order valence-electron chi connectivity index (χ0n) is 13.5. The first-order valence-electron chi connectivity index (χ1n) is 7.82. The van der Waals surface area contributed by atoms with Crippen molar-refractivity contribution in [3.8, 4) is 5.88 Å². The summed E-state index contributed by atoms with van der Waals surface area (Å²) in [5.41, 5.74) is 0.858. The van der Waals surface area contributed by atoms with Crippen molar-refractivity contribution in [1.29, 1.82) is 0 Å². The van der Waals surface area contributed by atoms with Gasteiger partial charge in [-0.3, -0.25) is 0 Å². The third-order valence-electron chi connectivity index (χ3n) is 3.52. The van der Waals surface area contributed by atoms with Crippen molar-refractivity contribution < 1.29 is 14.3 Å². The second kappa shape index (κ2) is 7.98. The highest BCUT2D eigenvalue weighted by molar-refractivity contribution is 5.74. The van der Waals surface area contributed by atoms with Crippen LogP contribution in [0.1, 0.15) is 39.2 Å². The van der Waals surface area contributed by atoms with E-state index >= 15 is 0 Å². The number of urea groups is 1. The molecule has 2 N–H and O–H groups in total. The molecule has 0 aliphatic carbocycles. The van der Waals surface area contributed by atoms with E-state index in [1.165, 1.54) is 0 Å². The number of carbonyl (C=O) groups excluding carboxylic acids is 1. The summed E-state index contributed by atoms with van der Waals surface area (Å²) in [6, 6.07) is 3.52. The lowest BCUT2D eigenvalue weighted by atomic mass is 10.1. The van der Waals surface area contributed by atoms with Crippen molar-refractivity contribution >= 4 is 6.03 Å². The van der Waals surface area contributed by atoms with Gasteiger partial charge >= 0.3 is 6.03 Å². The minimum Gasteiger partial charge on any atom is -0.475 e. The molecular weight excluding hydrogens is 282 g/mol. The molecule has 6 nitrogen and oxygen atoms in total. The highest BCUT2D eigenvalue weighted by Crippen LogP contribution is 2.16. The zero-order valence-corrected chi connectivity index (χ0v) is 13.5. The smallest absolute Gasteiger partial charge is 0.315 e. The number of hydrogen-bond acceptors (Lipinski definition) is 4. The van der Waals surface area contributed by atoms with Gasteiger partial charge in [0.2, 0.25) is 5.88 Å². The standard InChI is InChI=1S/C16H25N3O3/c1-11(2)22-15-13(6-4-8-17-15)10-18-16(20)19-12(3)14-7-5-9-21-14/h4,6,8,11-12,14H,5,7,9-10H2,1-3H3,(H2,18,19,20)/t12-,14+/m0/s1. The van der Waals surface area contributed by atoms with Gasteiger partial charge in [-0.05, 0) is 39.7 Å². The summed E-state index contributed by atoms with van der Waals surface area (Å²) in [7, 11) is 0. The van der Waals surface area contributed by atoms with Gasteiger partial charge in [-0.2, -0.15) is 0 Å². The minimum atomic E-state index is -0.206. The van der Waals surface area contributed by atoms with Crippen LogP contribution in [0, 0.1) is 0 Å². The van der Waals surface area contributed by atoms with E-state index in [4.69, 9.17) is 9.47 Å². The fraction of sp³-hybridized carbons (Fsp3) is 0.625. The number of nitrogens with zero attached hydrogens (tertiary/aromatic N) is 1. The molecule has 6 heteroatoms. The molecule has 0 radical (unpaired) electrons. The highest BCUT2D eigenvalue weighted by atomic mass is 16.5. The van der Waals surface area contributed by atoms with Crippen molar-refractivity contribution in [3.05, 3.63) is 23.9 Å². The number of aromatic nitrogens is 1. The molecule has 0 unspecified atom stereocenters. The summed E-state index contributed by atoms with van der Waals surface area (Å²) < 4.78 is 11.2. The Morgan fingerprint density at radius 1 is 1.50 bits per heavy atom. The van der Waals surface area contributed by atoms with Crippen LogP contribution in [0.4, 0.5) is 4.79 Å². The first-order valence-corrected chi connectivity index (χ1v) is 7.82. The molecule has 2 amide bonds. The molecule has 0 saturated carbocycles. The van der Waals surface area contributed by atoms with E-state index in [1.54, 1.807) is 6.20 Å². The lowest BCUT2D eigenvalue weighted by Gasteiger charge is -2.20. The van der Waals surface area contributed by atoms with E-state index in [0.29, 0.717) is 12.4 Å². The minimum absolute atomic E-state index is 0.00258. The molecule has 1 saturated heterocycles. The van der Waals surface area contributed by atoms with E-state index in [1.807, 2.05) is 32.9 Å². The predicted molar refractivity (Wildman–Crippen MR) is 83.8 cm³/mol. The molecule has 1 aliphatic heterocycles. The Kier molecular flexibility index (Phi) is 6.00. The van der Waals surface area contributed by atoms with Gasteiger partial charge in [-0.1, -0.05) is 6.07 Å². The number of hydrogen-bond donors (Lipinski definition) is 2. The van der Waals surface area contributed by atoms with Crippen molar-refractivity contribution in [3.63, 3.8) is 0 Å². The Morgan fingerprint density at radius 2 is 2.32 bits per heavy atom. The molecule has 1 aromatic rings. The van der Waals surface area contributed by atoms with E-state index in [-0.39, 0.29) is 24.3 Å². The fourth-order valence-corrected chi connectivity index (χ4v) is 2.41. The van der Waals surface area contributed by atoms with Crippen LogP contribution in [-0.2, 0) is 11.3 Å². The first kappa shape index (κ1) is 16.5. The van der Waals surface area contributed by atoms with E-state index < -0.39 is 0 Å². The van der Waals surface area contributed by atoms with Crippen LogP contribution >= 0.6 is 0 Å². The summed E-state index contributed by atoms with van der Waals surface area (Å²) in [5.74, 6) is 0.560. The average Bonchev–Trinajstić information content (AvgIpc) is 3.00. The molecule has 1 aliphatic rings. The van der Waals surface area contributed by atoms with Crippen LogP contribution in [0.2, 0.25) is 0 Å². The lowest BCUT2D eigenvalue weighted by Crippen LogP contribution is -2.45. The van der Waals surface area contributed by atoms with Crippen LogP contribution in [0.3, 0.4) is 0 Å². The van der Waals surface area contributed by atoms with Gasteiger partial charge in [0.05, 0.1) is 18.2 Å². The molecule has 1 fully saturated rings. The van der Waals surface area contributed by atoms with Crippen LogP contribution in [0.25, 0.3) is 0 Å². The van der Waals surface area contributed by atoms with Crippen LogP contribution < -0.4 is 15.4 Å². The Morgan fingerprint density at radius 3 is 3.00 bits per heavy atom. The Labute approximate surface area is 131 Å². The van der Waals surface area contributed by atoms with Gasteiger partial charge in [-0.15, -0.1) is 0 Å². The molecule has 2 atom stereocenters. The summed E-state index contributed by atoms with van der Waals surface area (Å²) in [6.07, 6.45) is 3.90. The topological polar surface area (TPSA) is 72.5 Å². The van der Waals surface area contributed by atoms with Crippen molar-refractivity contribution in [2.75, 3.05) is 6.61 Å². The normalized spacial score (nSPS) is 19.0. The van der Waals surface area contributed by atoms with Gasteiger partial charge < -0.3 is 20.1 Å². The van der Waals surface area contributed by atoms with Crippen LogP contribution in [0.5, 0.6) is 5.88 Å². The molecule has 0 aromatic carbocycles. The Hall–Kier alpha value is -1.82. The summed E-state index contributed by atoms with van der Waals surface area (Å²) in [6.45, 7) is 7.01. The number of pyridine rings is 1. The molecular formula is C16H25N3O3. The van der Waals surface area contributed by atoms with Crippen molar-refractivity contribution in [1.82, 2.24) is 15.6 Å². The maximum atomic E-state index is 12.0. The Bertz CT molecular complexity index is 487. The van der Waals surface area contributed by atoms with Crippen LogP contribution in [-0.4, -0.2) is 35.9 Å². The quantitative estimate of drug-likeness (QED) is 0.845. The van der Waals surface area contributed by atoms with E-state index in [9.17, 15) is 4.79 Å². The number of nitrogens with one attached hydrogen (secondary N) is 2. The molecule has 1 aromatic heterocycles. The predicted octanol–water partition coefficient (Wildman–Crippen LogP) is 2.24. The first-order chi connectivity index (χ1) is 10.6. The maximum Gasteiger partial charge on any atom is 0.315 e. The summed E-state index contributed by atoms with van der Waals surface area (Å²) >= 11 is 0. The van der Waals surface area contributed by atoms with Crippen molar-refractivity contribution in [2.45, 2.75) is 58.4 Å². The lowest BCUT2D eigenvalue weighted by molar-refractivity contribution is 0.0860.